The maximum absolute atomic E-state index is 11.3. The molecule has 5 nitrogen and oxygen atoms in total. The first-order chi connectivity index (χ1) is 7.89. The van der Waals surface area contributed by atoms with Gasteiger partial charge in [-0.3, -0.25) is 0 Å². The second kappa shape index (κ2) is 6.68. The maximum atomic E-state index is 11.3. The van der Waals surface area contributed by atoms with E-state index in [0.717, 1.165) is 38.9 Å². The molecule has 17 heavy (non-hydrogen) atoms. The molecule has 102 valence electrons. The van der Waals surface area contributed by atoms with Crippen LogP contribution in [-0.2, 0) is 10.0 Å². The minimum atomic E-state index is -3.01. The third-order valence-corrected chi connectivity index (χ3v) is 4.45. The Kier molecular flexibility index (Phi) is 5.85. The number of unbranched alkanes of at least 4 members (excludes halogenated alkanes) is 1. The van der Waals surface area contributed by atoms with Gasteiger partial charge in [0, 0.05) is 26.2 Å². The molecular formula is C11H24N2O3S. The van der Waals surface area contributed by atoms with E-state index in [2.05, 4.69) is 4.90 Å². The van der Waals surface area contributed by atoms with Crippen molar-refractivity contribution in [3.8, 4) is 0 Å². The number of piperazine rings is 1. The van der Waals surface area contributed by atoms with Gasteiger partial charge in [-0.05, 0) is 32.7 Å². The molecule has 0 bridgehead atoms. The minimum absolute atomic E-state index is 0.211. The number of aliphatic hydroxyl groups is 1. The van der Waals surface area contributed by atoms with Gasteiger partial charge >= 0.3 is 0 Å². The molecule has 0 aromatic carbocycles. The molecule has 0 radical (unpaired) electrons. The van der Waals surface area contributed by atoms with Crippen LogP contribution in [0.15, 0.2) is 0 Å². The van der Waals surface area contributed by atoms with Gasteiger partial charge in [0.1, 0.15) is 0 Å². The van der Waals surface area contributed by atoms with Crippen molar-refractivity contribution >= 4 is 10.0 Å². The largest absolute Gasteiger partial charge is 0.393 e. The molecule has 1 heterocycles. The fraction of sp³-hybridized carbons (Fsp3) is 1.00. The van der Waals surface area contributed by atoms with Crippen molar-refractivity contribution < 1.29 is 13.5 Å². The molecule has 1 aliphatic heterocycles. The Morgan fingerprint density at radius 2 is 1.76 bits per heavy atom. The summed E-state index contributed by atoms with van der Waals surface area (Å²) < 4.78 is 24.2. The standard InChI is InChI=1S/C11H24N2O3S/c1-11(14)5-3-4-6-12-7-9-13(10-8-12)17(2,15)16/h11,14H,3-10H2,1-2H3. The predicted octanol–water partition coefficient (Wildman–Crippen LogP) is 0.115. The highest BCUT2D eigenvalue weighted by Gasteiger charge is 2.22. The molecule has 0 aromatic rings. The van der Waals surface area contributed by atoms with Gasteiger partial charge in [-0.25, -0.2) is 8.42 Å². The normalized spacial score (nSPS) is 21.6. The average Bonchev–Trinajstić information content (AvgIpc) is 2.23. The zero-order valence-corrected chi connectivity index (χ0v) is 11.6. The molecule has 1 atom stereocenters. The molecule has 6 heteroatoms. The Balaban J connectivity index is 2.15. The van der Waals surface area contributed by atoms with Gasteiger partial charge in [-0.15, -0.1) is 0 Å². The molecule has 0 saturated carbocycles. The van der Waals surface area contributed by atoms with Gasteiger partial charge in [-0.2, -0.15) is 4.31 Å². The summed E-state index contributed by atoms with van der Waals surface area (Å²) in [6.45, 7) is 5.67. The second-order valence-corrected chi connectivity index (χ2v) is 6.83. The molecule has 1 rings (SSSR count). The highest BCUT2D eigenvalue weighted by atomic mass is 32.2. The summed E-state index contributed by atoms with van der Waals surface area (Å²) in [6, 6.07) is 0. The molecule has 1 saturated heterocycles. The monoisotopic (exact) mass is 264 g/mol. The van der Waals surface area contributed by atoms with Crippen LogP contribution in [0.25, 0.3) is 0 Å². The molecular weight excluding hydrogens is 240 g/mol. The smallest absolute Gasteiger partial charge is 0.211 e. The fourth-order valence-corrected chi connectivity index (χ4v) is 2.89. The van der Waals surface area contributed by atoms with Crippen LogP contribution in [0.4, 0.5) is 0 Å². The number of sulfonamides is 1. The number of hydrogen-bond acceptors (Lipinski definition) is 4. The van der Waals surface area contributed by atoms with Gasteiger partial charge in [0.15, 0.2) is 0 Å². The Morgan fingerprint density at radius 1 is 1.18 bits per heavy atom. The SMILES string of the molecule is CC(O)CCCCN1CCN(S(C)(=O)=O)CC1. The summed E-state index contributed by atoms with van der Waals surface area (Å²) in [5.74, 6) is 0. The van der Waals surface area contributed by atoms with Crippen LogP contribution >= 0.6 is 0 Å². The lowest BCUT2D eigenvalue weighted by Gasteiger charge is -2.33. The molecule has 1 N–H and O–H groups in total. The summed E-state index contributed by atoms with van der Waals surface area (Å²) in [5.41, 5.74) is 0. The molecule has 1 fully saturated rings. The topological polar surface area (TPSA) is 60.9 Å². The van der Waals surface area contributed by atoms with Gasteiger partial charge in [0.05, 0.1) is 12.4 Å². The van der Waals surface area contributed by atoms with E-state index in [1.807, 2.05) is 6.92 Å². The molecule has 0 spiro atoms. The molecule has 0 amide bonds. The highest BCUT2D eigenvalue weighted by Crippen LogP contribution is 2.08. The Labute approximate surface area is 104 Å². The van der Waals surface area contributed by atoms with E-state index in [9.17, 15) is 8.42 Å². The lowest BCUT2D eigenvalue weighted by Crippen LogP contribution is -2.48. The molecule has 0 aliphatic carbocycles. The zero-order chi connectivity index (χ0) is 12.9. The van der Waals surface area contributed by atoms with E-state index in [1.165, 1.54) is 6.26 Å². The first kappa shape index (κ1) is 14.9. The third-order valence-electron chi connectivity index (χ3n) is 3.15. The number of nitrogens with zero attached hydrogens (tertiary/aromatic N) is 2. The molecule has 1 unspecified atom stereocenters. The number of rotatable bonds is 6. The lowest BCUT2D eigenvalue weighted by molar-refractivity contribution is 0.166. The Bertz CT molecular complexity index is 309. The van der Waals surface area contributed by atoms with E-state index in [0.29, 0.717) is 13.1 Å². The van der Waals surface area contributed by atoms with E-state index >= 15 is 0 Å². The minimum Gasteiger partial charge on any atom is -0.393 e. The first-order valence-corrected chi connectivity index (χ1v) is 8.10. The third kappa shape index (κ3) is 5.81. The molecule has 0 aromatic heterocycles. The Morgan fingerprint density at radius 3 is 2.24 bits per heavy atom. The zero-order valence-electron chi connectivity index (χ0n) is 10.8. The van der Waals surface area contributed by atoms with Crippen LogP contribution in [0, 0.1) is 0 Å². The predicted molar refractivity (Wildman–Crippen MR) is 68.4 cm³/mol. The van der Waals surface area contributed by atoms with Crippen LogP contribution in [0.5, 0.6) is 0 Å². The molecule has 1 aliphatic rings. The number of aliphatic hydroxyl groups excluding tert-OH is 1. The average molecular weight is 264 g/mol. The maximum Gasteiger partial charge on any atom is 0.211 e. The quantitative estimate of drug-likeness (QED) is 0.692. The van der Waals surface area contributed by atoms with Crippen molar-refractivity contribution in [2.24, 2.45) is 0 Å². The van der Waals surface area contributed by atoms with Crippen molar-refractivity contribution in [3.63, 3.8) is 0 Å². The van der Waals surface area contributed by atoms with Gasteiger partial charge < -0.3 is 10.0 Å². The lowest BCUT2D eigenvalue weighted by atomic mass is 10.1. The van der Waals surface area contributed by atoms with E-state index in [4.69, 9.17) is 5.11 Å². The summed E-state index contributed by atoms with van der Waals surface area (Å²) in [7, 11) is -3.01. The Hall–Kier alpha value is -0.170. The second-order valence-electron chi connectivity index (χ2n) is 4.85. The van der Waals surface area contributed by atoms with Crippen LogP contribution < -0.4 is 0 Å². The number of hydrogen-bond donors (Lipinski definition) is 1. The highest BCUT2D eigenvalue weighted by molar-refractivity contribution is 7.88. The van der Waals surface area contributed by atoms with Crippen LogP contribution in [-0.4, -0.2) is 67.8 Å². The fourth-order valence-electron chi connectivity index (χ4n) is 2.06. The van der Waals surface area contributed by atoms with Crippen LogP contribution in [0.1, 0.15) is 26.2 Å². The van der Waals surface area contributed by atoms with Crippen LogP contribution in [0.3, 0.4) is 0 Å². The summed E-state index contributed by atoms with van der Waals surface area (Å²) in [5, 5.41) is 9.13. The summed E-state index contributed by atoms with van der Waals surface area (Å²) in [6.07, 6.45) is 4.01. The van der Waals surface area contributed by atoms with E-state index < -0.39 is 10.0 Å². The van der Waals surface area contributed by atoms with Crippen molar-refractivity contribution in [2.75, 3.05) is 39.0 Å². The van der Waals surface area contributed by atoms with E-state index in [1.54, 1.807) is 4.31 Å². The van der Waals surface area contributed by atoms with E-state index in [-0.39, 0.29) is 6.10 Å². The van der Waals surface area contributed by atoms with Crippen molar-refractivity contribution in [1.29, 1.82) is 0 Å². The van der Waals surface area contributed by atoms with Gasteiger partial charge in [0.25, 0.3) is 0 Å². The van der Waals surface area contributed by atoms with Crippen molar-refractivity contribution in [2.45, 2.75) is 32.3 Å². The summed E-state index contributed by atoms with van der Waals surface area (Å²) in [4.78, 5) is 2.30. The van der Waals surface area contributed by atoms with Crippen LogP contribution in [0.2, 0.25) is 0 Å². The summed E-state index contributed by atoms with van der Waals surface area (Å²) >= 11 is 0. The van der Waals surface area contributed by atoms with Crippen molar-refractivity contribution in [1.82, 2.24) is 9.21 Å². The van der Waals surface area contributed by atoms with Gasteiger partial charge in [-0.1, -0.05) is 0 Å². The van der Waals surface area contributed by atoms with Crippen molar-refractivity contribution in [3.05, 3.63) is 0 Å². The van der Waals surface area contributed by atoms with Gasteiger partial charge in [0.2, 0.25) is 10.0 Å². The first-order valence-electron chi connectivity index (χ1n) is 6.25.